The van der Waals surface area contributed by atoms with Gasteiger partial charge < -0.3 is 10.1 Å². The number of carbonyl (C=O) groups excluding carboxylic acids is 4. The van der Waals surface area contributed by atoms with Gasteiger partial charge in [0.25, 0.3) is 11.8 Å². The summed E-state index contributed by atoms with van der Waals surface area (Å²) < 4.78 is 4.91. The highest BCUT2D eigenvalue weighted by atomic mass is 16.5. The summed E-state index contributed by atoms with van der Waals surface area (Å²) in [7, 11) is 0. The quantitative estimate of drug-likeness (QED) is 0.581. The zero-order valence-corrected chi connectivity index (χ0v) is 14.0. The number of rotatable bonds is 4. The molecule has 1 saturated heterocycles. The third-order valence-electron chi connectivity index (χ3n) is 5.28. The first-order valence-corrected chi connectivity index (χ1v) is 8.45. The molecule has 8 nitrogen and oxygen atoms in total. The molecule has 132 valence electrons. The maximum absolute atomic E-state index is 12.6. The van der Waals surface area contributed by atoms with Crippen molar-refractivity contribution < 1.29 is 23.9 Å². The highest BCUT2D eigenvalue weighted by molar-refractivity contribution is 6.08. The molecule has 2 N–H and O–H groups in total. The first-order valence-electron chi connectivity index (χ1n) is 8.45. The van der Waals surface area contributed by atoms with Gasteiger partial charge in [-0.2, -0.15) is 5.01 Å². The van der Waals surface area contributed by atoms with E-state index < -0.39 is 36.0 Å². The first kappa shape index (κ1) is 16.7. The summed E-state index contributed by atoms with van der Waals surface area (Å²) in [6.07, 6.45) is 3.61. The largest absolute Gasteiger partial charge is 0.455 e. The van der Waals surface area contributed by atoms with Crippen LogP contribution in [0, 0.1) is 17.8 Å². The normalized spacial score (nSPS) is 34.9. The molecule has 3 rings (SSSR count). The van der Waals surface area contributed by atoms with Crippen molar-refractivity contribution in [2.45, 2.75) is 51.5 Å². The topological polar surface area (TPSA) is 105 Å². The number of urea groups is 1. The second-order valence-electron chi connectivity index (χ2n) is 7.30. The molecule has 2 aliphatic carbocycles. The van der Waals surface area contributed by atoms with Crippen LogP contribution in [0.2, 0.25) is 0 Å². The number of hydrogen-bond acceptors (Lipinski definition) is 5. The summed E-state index contributed by atoms with van der Waals surface area (Å²) in [4.78, 5) is 48.1. The average molecular weight is 337 g/mol. The highest BCUT2D eigenvalue weighted by Crippen LogP contribution is 2.38. The Morgan fingerprint density at radius 3 is 2.50 bits per heavy atom. The van der Waals surface area contributed by atoms with Crippen LogP contribution in [0.5, 0.6) is 0 Å². The van der Waals surface area contributed by atoms with Gasteiger partial charge in [0.05, 0.1) is 5.92 Å². The smallest absolute Gasteiger partial charge is 0.344 e. The number of hydrazine groups is 1. The van der Waals surface area contributed by atoms with Crippen LogP contribution in [0.3, 0.4) is 0 Å². The van der Waals surface area contributed by atoms with E-state index in [0.29, 0.717) is 29.7 Å². The molecule has 2 saturated carbocycles. The molecule has 0 radical (unpaired) electrons. The van der Waals surface area contributed by atoms with Gasteiger partial charge in [0, 0.05) is 0 Å². The number of amides is 4. The predicted molar refractivity (Wildman–Crippen MR) is 82.1 cm³/mol. The molecule has 3 fully saturated rings. The number of imide groups is 1. The molecule has 8 heteroatoms. The Morgan fingerprint density at radius 1 is 1.29 bits per heavy atom. The van der Waals surface area contributed by atoms with Crippen LogP contribution < -0.4 is 10.7 Å². The van der Waals surface area contributed by atoms with Gasteiger partial charge in [0.2, 0.25) is 0 Å². The molecule has 0 unspecified atom stereocenters. The first-order chi connectivity index (χ1) is 11.3. The zero-order chi connectivity index (χ0) is 17.5. The van der Waals surface area contributed by atoms with Crippen LogP contribution >= 0.6 is 0 Å². The van der Waals surface area contributed by atoms with E-state index >= 15 is 0 Å². The molecular formula is C16H23N3O5. The minimum absolute atomic E-state index is 0.137. The van der Waals surface area contributed by atoms with E-state index in [2.05, 4.69) is 17.7 Å². The van der Waals surface area contributed by atoms with E-state index in [1.54, 1.807) is 0 Å². The molecule has 4 amide bonds. The van der Waals surface area contributed by atoms with Crippen molar-refractivity contribution in [1.82, 2.24) is 15.8 Å². The van der Waals surface area contributed by atoms with Gasteiger partial charge in [-0.1, -0.05) is 13.8 Å². The van der Waals surface area contributed by atoms with Crippen LogP contribution in [0.25, 0.3) is 0 Å². The number of hydrogen-bond donors (Lipinski definition) is 2. The summed E-state index contributed by atoms with van der Waals surface area (Å²) in [5.74, 6) is -0.862. The Labute approximate surface area is 140 Å². The molecule has 0 aromatic rings. The van der Waals surface area contributed by atoms with E-state index in [9.17, 15) is 19.2 Å². The molecule has 0 aromatic carbocycles. The van der Waals surface area contributed by atoms with Crippen molar-refractivity contribution in [2.75, 3.05) is 6.61 Å². The third-order valence-corrected chi connectivity index (χ3v) is 5.28. The molecule has 3 aliphatic rings. The predicted octanol–water partition coefficient (Wildman–Crippen LogP) is 0.717. The number of nitrogens with one attached hydrogen (secondary N) is 2. The van der Waals surface area contributed by atoms with E-state index in [4.69, 9.17) is 4.74 Å². The molecule has 1 spiro atoms. The van der Waals surface area contributed by atoms with E-state index in [1.165, 1.54) is 0 Å². The van der Waals surface area contributed by atoms with Crippen molar-refractivity contribution in [3.05, 3.63) is 0 Å². The molecular weight excluding hydrogens is 314 g/mol. The highest BCUT2D eigenvalue weighted by Gasteiger charge is 2.53. The maximum atomic E-state index is 12.6. The van der Waals surface area contributed by atoms with E-state index in [-0.39, 0.29) is 5.92 Å². The maximum Gasteiger partial charge on any atom is 0.344 e. The standard InChI is InChI=1S/C16H23N3O5/c1-9-3-5-16(6-4-9)14(22)19(15(23)17-16)18-12(20)8-24-13(21)11-7-10(11)2/h9-11H,3-8H2,1-2H3,(H,17,23)(H,18,20)/t9?,10-,11+,16?/m1/s1. The number of esters is 1. The van der Waals surface area contributed by atoms with Crippen LogP contribution in [-0.2, 0) is 19.1 Å². The lowest BCUT2D eigenvalue weighted by atomic mass is 9.77. The Morgan fingerprint density at radius 2 is 1.92 bits per heavy atom. The summed E-state index contributed by atoms with van der Waals surface area (Å²) in [6, 6.07) is -0.634. The fourth-order valence-electron chi connectivity index (χ4n) is 3.37. The van der Waals surface area contributed by atoms with Gasteiger partial charge in [-0.25, -0.2) is 4.79 Å². The van der Waals surface area contributed by atoms with E-state index in [1.807, 2.05) is 6.92 Å². The van der Waals surface area contributed by atoms with Crippen LogP contribution in [-0.4, -0.2) is 41.0 Å². The van der Waals surface area contributed by atoms with Crippen LogP contribution in [0.1, 0.15) is 46.0 Å². The molecule has 1 aliphatic heterocycles. The SMILES string of the molecule is CC1CCC2(CC1)NC(=O)N(NC(=O)COC(=O)[C@H]1C[C@H]1C)C2=O. The minimum Gasteiger partial charge on any atom is -0.455 e. The minimum atomic E-state index is -0.906. The van der Waals surface area contributed by atoms with Crippen molar-refractivity contribution in [2.24, 2.45) is 17.8 Å². The molecule has 0 aromatic heterocycles. The van der Waals surface area contributed by atoms with Crippen LogP contribution in [0.4, 0.5) is 4.79 Å². The fraction of sp³-hybridized carbons (Fsp3) is 0.750. The Hall–Kier alpha value is -2.12. The summed E-state index contributed by atoms with van der Waals surface area (Å²) >= 11 is 0. The Kier molecular flexibility index (Phi) is 4.23. The molecule has 1 heterocycles. The van der Waals surface area contributed by atoms with Crippen molar-refractivity contribution in [3.8, 4) is 0 Å². The summed E-state index contributed by atoms with van der Waals surface area (Å²) in [5, 5.41) is 3.42. The van der Waals surface area contributed by atoms with Gasteiger partial charge in [0.1, 0.15) is 5.54 Å². The van der Waals surface area contributed by atoms with Gasteiger partial charge in [-0.05, 0) is 43.9 Å². The van der Waals surface area contributed by atoms with E-state index in [0.717, 1.165) is 19.3 Å². The second kappa shape index (κ2) is 6.07. The number of carbonyl (C=O) groups is 4. The van der Waals surface area contributed by atoms with Gasteiger partial charge in [0.15, 0.2) is 6.61 Å². The lowest BCUT2D eigenvalue weighted by Crippen LogP contribution is -2.52. The Balaban J connectivity index is 1.53. The van der Waals surface area contributed by atoms with Gasteiger partial charge in [-0.3, -0.25) is 19.8 Å². The van der Waals surface area contributed by atoms with Crippen molar-refractivity contribution in [1.29, 1.82) is 0 Å². The summed E-state index contributed by atoms with van der Waals surface area (Å²) in [6.45, 7) is 3.55. The number of nitrogens with zero attached hydrogens (tertiary/aromatic N) is 1. The lowest BCUT2D eigenvalue weighted by molar-refractivity contribution is -0.152. The number of ether oxygens (including phenoxy) is 1. The van der Waals surface area contributed by atoms with Crippen molar-refractivity contribution >= 4 is 23.8 Å². The third kappa shape index (κ3) is 3.09. The Bertz CT molecular complexity index is 582. The fourth-order valence-corrected chi connectivity index (χ4v) is 3.37. The molecule has 2 atom stereocenters. The molecule has 0 bridgehead atoms. The van der Waals surface area contributed by atoms with Gasteiger partial charge >= 0.3 is 12.0 Å². The van der Waals surface area contributed by atoms with Crippen molar-refractivity contribution in [3.63, 3.8) is 0 Å². The zero-order valence-electron chi connectivity index (χ0n) is 14.0. The average Bonchev–Trinajstić information content (AvgIpc) is 3.23. The second-order valence-corrected chi connectivity index (χ2v) is 7.30. The monoisotopic (exact) mass is 337 g/mol. The summed E-state index contributed by atoms with van der Waals surface area (Å²) in [5.41, 5.74) is 1.34. The van der Waals surface area contributed by atoms with Crippen LogP contribution in [0.15, 0.2) is 0 Å². The molecule has 24 heavy (non-hydrogen) atoms. The van der Waals surface area contributed by atoms with Gasteiger partial charge in [-0.15, -0.1) is 0 Å². The lowest BCUT2D eigenvalue weighted by Gasteiger charge is -2.33.